The van der Waals surface area contributed by atoms with Crippen molar-refractivity contribution in [3.05, 3.63) is 89.5 Å². The van der Waals surface area contributed by atoms with Gasteiger partial charge >= 0.3 is 0 Å². The van der Waals surface area contributed by atoms with Gasteiger partial charge in [0.25, 0.3) is 0 Å². The van der Waals surface area contributed by atoms with Gasteiger partial charge in [-0.3, -0.25) is 4.90 Å². The first kappa shape index (κ1) is 31.8. The Labute approximate surface area is 251 Å². The summed E-state index contributed by atoms with van der Waals surface area (Å²) in [5.74, 6) is 0.841. The van der Waals surface area contributed by atoms with Crippen molar-refractivity contribution in [3.8, 4) is 17.2 Å². The molecule has 0 aromatic heterocycles. The average Bonchev–Trinajstić information content (AvgIpc) is 3.44. The molecule has 3 aromatic rings. The largest absolute Gasteiger partial charge is 0.508 e. The molecule has 4 atom stereocenters. The number of nitrogens with zero attached hydrogens (tertiary/aromatic N) is 1. The van der Waals surface area contributed by atoms with Crippen molar-refractivity contribution in [3.63, 3.8) is 0 Å². The Bertz CT molecular complexity index is 1170. The highest BCUT2D eigenvalue weighted by molar-refractivity contribution is 5.28. The predicted molar refractivity (Wildman–Crippen MR) is 170 cm³/mol. The maximum atomic E-state index is 9.81. The minimum Gasteiger partial charge on any atom is -0.508 e. The van der Waals surface area contributed by atoms with E-state index in [9.17, 15) is 15.3 Å². The van der Waals surface area contributed by atoms with Crippen molar-refractivity contribution in [2.75, 3.05) is 39.3 Å². The predicted octanol–water partition coefficient (Wildman–Crippen LogP) is 3.15. The Morgan fingerprint density at radius 2 is 1.12 bits per heavy atom. The number of hydrogen-bond acceptors (Lipinski definition) is 8. The zero-order valence-electron chi connectivity index (χ0n) is 24.9. The van der Waals surface area contributed by atoms with Crippen LogP contribution in [0.2, 0.25) is 0 Å². The lowest BCUT2D eigenvalue weighted by Crippen LogP contribution is -2.52. The molecule has 228 valence electrons. The number of aromatic hydroxyl groups is 3. The third kappa shape index (κ3) is 10.3. The molecule has 42 heavy (non-hydrogen) atoms. The number of nitrogens with one attached hydrogen (secondary N) is 3. The summed E-state index contributed by atoms with van der Waals surface area (Å²) in [6.07, 6.45) is 4.89. The van der Waals surface area contributed by atoms with Crippen molar-refractivity contribution < 1.29 is 15.3 Å². The van der Waals surface area contributed by atoms with Gasteiger partial charge in [0.15, 0.2) is 0 Å². The van der Waals surface area contributed by atoms with E-state index in [1.54, 1.807) is 36.4 Å². The average molecular weight is 576 g/mol. The maximum Gasteiger partial charge on any atom is 0.115 e. The Morgan fingerprint density at radius 3 is 1.57 bits per heavy atom. The van der Waals surface area contributed by atoms with E-state index in [1.807, 2.05) is 36.4 Å². The van der Waals surface area contributed by atoms with Crippen LogP contribution >= 0.6 is 0 Å². The maximum absolute atomic E-state index is 9.81. The number of benzene rings is 3. The second-order valence-electron chi connectivity index (χ2n) is 11.6. The van der Waals surface area contributed by atoms with Crippen LogP contribution in [0.15, 0.2) is 72.8 Å². The number of nitrogens with two attached hydrogens (primary N) is 1. The van der Waals surface area contributed by atoms with Crippen LogP contribution in [0, 0.1) is 0 Å². The van der Waals surface area contributed by atoms with E-state index in [0.717, 1.165) is 58.4 Å². The number of likely N-dealkylation sites (N-methyl/N-ethyl adjacent to an activating group) is 1. The van der Waals surface area contributed by atoms with E-state index < -0.39 is 0 Å². The SMILES string of the molecule is CCN[C@H](CN[C@H](CN[C@@H](Cc1ccc(O)cc1)CN1CCC[C@H]1CN)Cc1ccc(O)cc1)Cc1ccc(O)cc1. The first-order chi connectivity index (χ1) is 20.4. The van der Waals surface area contributed by atoms with Gasteiger partial charge in [0.2, 0.25) is 0 Å². The molecule has 8 heteroatoms. The molecule has 0 aliphatic carbocycles. The molecule has 4 rings (SSSR count). The lowest BCUT2D eigenvalue weighted by atomic mass is 10.0. The van der Waals surface area contributed by atoms with Crippen LogP contribution in [-0.4, -0.2) is 83.7 Å². The Balaban J connectivity index is 1.45. The fraction of sp³-hybridized carbons (Fsp3) is 0.471. The van der Waals surface area contributed by atoms with E-state index in [2.05, 4.69) is 27.8 Å². The summed E-state index contributed by atoms with van der Waals surface area (Å²) in [5.41, 5.74) is 9.65. The van der Waals surface area contributed by atoms with Crippen LogP contribution in [0.3, 0.4) is 0 Å². The van der Waals surface area contributed by atoms with Crippen molar-refractivity contribution in [1.29, 1.82) is 0 Å². The Hall–Kier alpha value is -3.14. The molecule has 1 saturated heterocycles. The minimum absolute atomic E-state index is 0.168. The van der Waals surface area contributed by atoms with Crippen LogP contribution < -0.4 is 21.7 Å². The summed E-state index contributed by atoms with van der Waals surface area (Å²) in [5, 5.41) is 40.6. The van der Waals surface area contributed by atoms with E-state index >= 15 is 0 Å². The van der Waals surface area contributed by atoms with Gasteiger partial charge < -0.3 is 37.0 Å². The first-order valence-corrected chi connectivity index (χ1v) is 15.4. The lowest BCUT2D eigenvalue weighted by molar-refractivity contribution is 0.224. The number of hydrogen-bond donors (Lipinski definition) is 7. The van der Waals surface area contributed by atoms with Crippen molar-refractivity contribution >= 4 is 0 Å². The zero-order valence-corrected chi connectivity index (χ0v) is 24.9. The molecule has 0 radical (unpaired) electrons. The monoisotopic (exact) mass is 575 g/mol. The summed E-state index contributed by atoms with van der Waals surface area (Å²) >= 11 is 0. The van der Waals surface area contributed by atoms with Crippen LogP contribution in [0.25, 0.3) is 0 Å². The molecule has 1 heterocycles. The fourth-order valence-corrected chi connectivity index (χ4v) is 5.98. The van der Waals surface area contributed by atoms with Gasteiger partial charge in [0.05, 0.1) is 0 Å². The molecule has 0 unspecified atom stereocenters. The highest BCUT2D eigenvalue weighted by atomic mass is 16.3. The molecule has 8 nitrogen and oxygen atoms in total. The summed E-state index contributed by atoms with van der Waals surface area (Å²) in [4.78, 5) is 2.53. The van der Waals surface area contributed by atoms with Crippen molar-refractivity contribution in [2.45, 2.75) is 63.2 Å². The van der Waals surface area contributed by atoms with Crippen LogP contribution in [0.4, 0.5) is 0 Å². The van der Waals surface area contributed by atoms with E-state index in [0.29, 0.717) is 12.6 Å². The zero-order chi connectivity index (χ0) is 29.7. The van der Waals surface area contributed by atoms with E-state index in [-0.39, 0.29) is 35.4 Å². The molecule has 3 aromatic carbocycles. The molecule has 0 spiro atoms. The molecule has 8 N–H and O–H groups in total. The molecule has 1 aliphatic heterocycles. The Morgan fingerprint density at radius 1 is 0.690 bits per heavy atom. The van der Waals surface area contributed by atoms with Gasteiger partial charge in [-0.15, -0.1) is 0 Å². The van der Waals surface area contributed by atoms with Crippen molar-refractivity contribution in [2.24, 2.45) is 5.73 Å². The van der Waals surface area contributed by atoms with Gasteiger partial charge in [-0.1, -0.05) is 43.3 Å². The third-order valence-corrected chi connectivity index (χ3v) is 8.28. The van der Waals surface area contributed by atoms with Crippen molar-refractivity contribution in [1.82, 2.24) is 20.9 Å². The fourth-order valence-electron chi connectivity index (χ4n) is 5.98. The number of phenols is 3. The number of rotatable bonds is 17. The van der Waals surface area contributed by atoms with Gasteiger partial charge in [-0.05, 0) is 98.3 Å². The molecule has 0 saturated carbocycles. The lowest BCUT2D eigenvalue weighted by Gasteiger charge is -2.31. The first-order valence-electron chi connectivity index (χ1n) is 15.4. The second kappa shape index (κ2) is 16.5. The summed E-state index contributed by atoms with van der Waals surface area (Å²) < 4.78 is 0. The topological polar surface area (TPSA) is 126 Å². The van der Waals surface area contributed by atoms with Gasteiger partial charge in [0.1, 0.15) is 17.2 Å². The van der Waals surface area contributed by atoms with Gasteiger partial charge in [0, 0.05) is 50.3 Å². The number of likely N-dealkylation sites (tertiary alicyclic amines) is 1. The molecular formula is C34H49N5O3. The molecule has 1 aliphatic rings. The summed E-state index contributed by atoms with van der Waals surface area (Å²) in [6, 6.07) is 23.5. The molecule has 0 amide bonds. The molecule has 0 bridgehead atoms. The summed E-state index contributed by atoms with van der Waals surface area (Å²) in [7, 11) is 0. The molecule has 1 fully saturated rings. The van der Waals surface area contributed by atoms with Crippen LogP contribution in [-0.2, 0) is 19.3 Å². The smallest absolute Gasteiger partial charge is 0.115 e. The second-order valence-corrected chi connectivity index (χ2v) is 11.6. The Kier molecular flexibility index (Phi) is 12.5. The van der Waals surface area contributed by atoms with E-state index in [1.165, 1.54) is 23.1 Å². The summed E-state index contributed by atoms with van der Waals surface area (Å²) in [6.45, 7) is 7.26. The normalized spacial score (nSPS) is 17.7. The third-order valence-electron chi connectivity index (χ3n) is 8.28. The minimum atomic E-state index is 0.168. The van der Waals surface area contributed by atoms with Gasteiger partial charge in [-0.25, -0.2) is 0 Å². The van der Waals surface area contributed by atoms with Gasteiger partial charge in [-0.2, -0.15) is 0 Å². The standard InChI is InChI=1S/C34H49N5O3/c1-2-36-28(18-25-5-11-32(40)12-6-25)22-37-29(19-26-7-13-33(41)14-8-26)23-38-30(20-27-9-15-34(42)16-10-27)24-39-17-3-4-31(39)21-35/h5-16,28-31,36-38,40-42H,2-4,17-24,35H2,1H3/t28-,29-,30-,31-/m0/s1. The van der Waals surface area contributed by atoms with E-state index in [4.69, 9.17) is 5.73 Å². The quantitative estimate of drug-likeness (QED) is 0.131. The highest BCUT2D eigenvalue weighted by Crippen LogP contribution is 2.19. The van der Waals surface area contributed by atoms with Crippen LogP contribution in [0.5, 0.6) is 17.2 Å². The highest BCUT2D eigenvalue weighted by Gasteiger charge is 2.26. The van der Waals surface area contributed by atoms with Crippen LogP contribution in [0.1, 0.15) is 36.5 Å². The molecular weight excluding hydrogens is 526 g/mol. The number of phenolic OH excluding ortho intramolecular Hbond substituents is 3.